The minimum atomic E-state index is -1.18. The molecule has 0 radical (unpaired) electrons. The molecule has 0 amide bonds. The lowest BCUT2D eigenvalue weighted by molar-refractivity contribution is 0.171. The maximum atomic E-state index is 14.0. The third-order valence-corrected chi connectivity index (χ3v) is 3.31. The van der Waals surface area contributed by atoms with E-state index in [0.717, 1.165) is 0 Å². The number of aliphatic hydroxyl groups excluding tert-OH is 1. The molecule has 1 N–H and O–H groups in total. The van der Waals surface area contributed by atoms with Gasteiger partial charge in [-0.05, 0) is 17.7 Å². The zero-order valence-corrected chi connectivity index (χ0v) is 11.5. The van der Waals surface area contributed by atoms with Crippen LogP contribution >= 0.6 is 11.6 Å². The fourth-order valence-corrected chi connectivity index (χ4v) is 2.16. The fourth-order valence-electron chi connectivity index (χ4n) is 1.97. The van der Waals surface area contributed by atoms with Gasteiger partial charge >= 0.3 is 0 Å². The predicted molar refractivity (Wildman–Crippen MR) is 73.0 cm³/mol. The van der Waals surface area contributed by atoms with Crippen LogP contribution in [0.5, 0.6) is 5.75 Å². The topological polar surface area (TPSA) is 29.5 Å². The van der Waals surface area contributed by atoms with Crippen LogP contribution in [0.15, 0.2) is 36.4 Å². The zero-order chi connectivity index (χ0) is 14.7. The Kier molecular flexibility index (Phi) is 4.57. The van der Waals surface area contributed by atoms with E-state index in [0.29, 0.717) is 0 Å². The van der Waals surface area contributed by atoms with Crippen molar-refractivity contribution in [1.82, 2.24) is 0 Å². The van der Waals surface area contributed by atoms with E-state index in [1.807, 2.05) is 0 Å². The molecule has 2 nitrogen and oxygen atoms in total. The molecule has 0 saturated heterocycles. The average molecular weight is 299 g/mol. The van der Waals surface area contributed by atoms with Gasteiger partial charge in [0.1, 0.15) is 5.82 Å². The lowest BCUT2D eigenvalue weighted by Crippen LogP contribution is -2.07. The van der Waals surface area contributed by atoms with Crippen molar-refractivity contribution < 1.29 is 18.6 Å². The Morgan fingerprint density at radius 2 is 1.85 bits per heavy atom. The molecule has 2 aromatic rings. The average Bonchev–Trinajstić information content (AvgIpc) is 2.44. The van der Waals surface area contributed by atoms with Crippen LogP contribution < -0.4 is 4.74 Å². The van der Waals surface area contributed by atoms with Crippen LogP contribution in [-0.4, -0.2) is 12.2 Å². The van der Waals surface area contributed by atoms with Crippen LogP contribution in [0, 0.1) is 11.6 Å². The highest BCUT2D eigenvalue weighted by molar-refractivity contribution is 6.30. The largest absolute Gasteiger partial charge is 0.494 e. The van der Waals surface area contributed by atoms with E-state index < -0.39 is 17.7 Å². The van der Waals surface area contributed by atoms with E-state index in [1.165, 1.54) is 31.4 Å². The number of methoxy groups -OCH3 is 1. The smallest absolute Gasteiger partial charge is 0.170 e. The van der Waals surface area contributed by atoms with Crippen molar-refractivity contribution in [2.75, 3.05) is 7.11 Å². The number of halogens is 3. The van der Waals surface area contributed by atoms with E-state index in [2.05, 4.69) is 0 Å². The van der Waals surface area contributed by atoms with Crippen LogP contribution in [0.4, 0.5) is 8.78 Å². The van der Waals surface area contributed by atoms with Crippen molar-refractivity contribution in [3.05, 3.63) is 64.2 Å². The summed E-state index contributed by atoms with van der Waals surface area (Å²) in [5.41, 5.74) is 0.288. The summed E-state index contributed by atoms with van der Waals surface area (Å²) < 4.78 is 32.6. The quantitative estimate of drug-likeness (QED) is 0.927. The van der Waals surface area contributed by atoms with Gasteiger partial charge in [0.05, 0.1) is 18.2 Å². The molecule has 0 fully saturated rings. The second kappa shape index (κ2) is 6.20. The zero-order valence-electron chi connectivity index (χ0n) is 10.7. The number of hydrogen-bond donors (Lipinski definition) is 1. The fraction of sp³-hybridized carbons (Fsp3) is 0.200. The number of rotatable bonds is 4. The third kappa shape index (κ3) is 2.92. The third-order valence-electron chi connectivity index (χ3n) is 3.02. The number of hydrogen-bond acceptors (Lipinski definition) is 2. The molecular formula is C15H13ClF2O2. The summed E-state index contributed by atoms with van der Waals surface area (Å²) in [6, 6.07) is 8.95. The normalized spacial score (nSPS) is 12.2. The van der Waals surface area contributed by atoms with Gasteiger partial charge in [-0.3, -0.25) is 0 Å². The molecular weight excluding hydrogens is 286 g/mol. The van der Waals surface area contributed by atoms with Gasteiger partial charge < -0.3 is 9.84 Å². The minimum absolute atomic E-state index is 0.0270. The van der Waals surface area contributed by atoms with Gasteiger partial charge in [0.25, 0.3) is 0 Å². The van der Waals surface area contributed by atoms with Gasteiger partial charge in [-0.2, -0.15) is 0 Å². The summed E-state index contributed by atoms with van der Waals surface area (Å²) in [6.45, 7) is 0. The molecule has 0 saturated carbocycles. The van der Waals surface area contributed by atoms with Gasteiger partial charge in [-0.25, -0.2) is 8.78 Å². The van der Waals surface area contributed by atoms with Gasteiger partial charge in [-0.1, -0.05) is 35.9 Å². The van der Waals surface area contributed by atoms with Gasteiger partial charge in [0.2, 0.25) is 0 Å². The first kappa shape index (κ1) is 14.8. The Morgan fingerprint density at radius 1 is 1.15 bits per heavy atom. The Morgan fingerprint density at radius 3 is 2.55 bits per heavy atom. The maximum Gasteiger partial charge on any atom is 0.170 e. The van der Waals surface area contributed by atoms with Crippen LogP contribution in [0.1, 0.15) is 17.2 Å². The van der Waals surface area contributed by atoms with Crippen LogP contribution in [-0.2, 0) is 6.42 Å². The highest BCUT2D eigenvalue weighted by Crippen LogP contribution is 2.28. The predicted octanol–water partition coefficient (Wildman–Crippen LogP) is 3.90. The molecule has 1 atom stereocenters. The first-order valence-corrected chi connectivity index (χ1v) is 6.35. The monoisotopic (exact) mass is 298 g/mol. The van der Waals surface area contributed by atoms with Crippen LogP contribution in [0.25, 0.3) is 0 Å². The summed E-state index contributed by atoms with van der Waals surface area (Å²) in [5.74, 6) is -1.21. The van der Waals surface area contributed by atoms with E-state index in [9.17, 15) is 13.9 Å². The van der Waals surface area contributed by atoms with Crippen molar-refractivity contribution in [2.45, 2.75) is 12.5 Å². The van der Waals surface area contributed by atoms with Crippen molar-refractivity contribution in [3.63, 3.8) is 0 Å². The molecule has 2 aromatic carbocycles. The summed E-state index contributed by atoms with van der Waals surface area (Å²) in [5, 5.41) is 10.1. The van der Waals surface area contributed by atoms with Crippen molar-refractivity contribution >= 4 is 11.6 Å². The molecule has 0 aliphatic heterocycles. The maximum absolute atomic E-state index is 14.0. The Hall–Kier alpha value is -1.65. The van der Waals surface area contributed by atoms with Gasteiger partial charge in [0, 0.05) is 12.0 Å². The molecule has 1 unspecified atom stereocenters. The Labute approximate surface area is 120 Å². The van der Waals surface area contributed by atoms with Gasteiger partial charge in [0.15, 0.2) is 11.6 Å². The number of aliphatic hydroxyl groups is 1. The highest BCUT2D eigenvalue weighted by atomic mass is 35.5. The van der Waals surface area contributed by atoms with Crippen molar-refractivity contribution in [1.29, 1.82) is 0 Å². The van der Waals surface area contributed by atoms with Crippen molar-refractivity contribution in [3.8, 4) is 5.75 Å². The lowest BCUT2D eigenvalue weighted by Gasteiger charge is -2.14. The SMILES string of the molecule is COc1cccc(C(O)Cc2cccc(Cl)c2F)c1F. The van der Waals surface area contributed by atoms with E-state index >= 15 is 0 Å². The van der Waals surface area contributed by atoms with Gasteiger partial charge in [-0.15, -0.1) is 0 Å². The molecule has 0 spiro atoms. The summed E-state index contributed by atoms with van der Waals surface area (Å²) in [6.07, 6.45) is -1.26. The summed E-state index contributed by atoms with van der Waals surface area (Å²) in [4.78, 5) is 0. The first-order valence-electron chi connectivity index (χ1n) is 5.98. The van der Waals surface area contributed by atoms with E-state index in [1.54, 1.807) is 12.1 Å². The van der Waals surface area contributed by atoms with Crippen LogP contribution in [0.3, 0.4) is 0 Å². The van der Waals surface area contributed by atoms with E-state index in [-0.39, 0.29) is 28.3 Å². The molecule has 0 aromatic heterocycles. The molecule has 2 rings (SSSR count). The summed E-state index contributed by atoms with van der Waals surface area (Å²) in [7, 11) is 1.34. The second-order valence-corrected chi connectivity index (χ2v) is 4.70. The molecule has 0 heterocycles. The molecule has 20 heavy (non-hydrogen) atoms. The Bertz CT molecular complexity index is 617. The number of benzene rings is 2. The molecule has 0 aliphatic rings. The van der Waals surface area contributed by atoms with E-state index in [4.69, 9.17) is 16.3 Å². The number of ether oxygens (including phenoxy) is 1. The molecule has 0 bridgehead atoms. The van der Waals surface area contributed by atoms with Crippen molar-refractivity contribution in [2.24, 2.45) is 0 Å². The molecule has 5 heteroatoms. The van der Waals surface area contributed by atoms with Crippen LogP contribution in [0.2, 0.25) is 5.02 Å². The standard InChI is InChI=1S/C15H13ClF2O2/c1-20-13-7-3-5-10(15(13)18)12(19)8-9-4-2-6-11(16)14(9)17/h2-7,12,19H,8H2,1H3. The minimum Gasteiger partial charge on any atom is -0.494 e. The first-order chi connectivity index (χ1) is 9.54. The lowest BCUT2D eigenvalue weighted by atomic mass is 10.0. The summed E-state index contributed by atoms with van der Waals surface area (Å²) >= 11 is 5.67. The molecule has 106 valence electrons. The second-order valence-electron chi connectivity index (χ2n) is 4.30. The molecule has 0 aliphatic carbocycles. The Balaban J connectivity index is 2.28. The highest BCUT2D eigenvalue weighted by Gasteiger charge is 2.18.